The van der Waals surface area contributed by atoms with Gasteiger partial charge in [-0.2, -0.15) is 0 Å². The molecule has 0 amide bonds. The molecule has 0 radical (unpaired) electrons. The van der Waals surface area contributed by atoms with Crippen LogP contribution in [0.3, 0.4) is 0 Å². The van der Waals surface area contributed by atoms with E-state index in [4.69, 9.17) is 22.1 Å². The van der Waals surface area contributed by atoms with Gasteiger partial charge in [0.05, 0.1) is 4.92 Å². The Kier molecular flexibility index (Phi) is 3.87. The number of hydrogen-bond acceptors (Lipinski definition) is 4. The molecule has 2 aromatic carbocycles. The molecule has 0 saturated heterocycles. The van der Waals surface area contributed by atoms with E-state index in [0.29, 0.717) is 17.0 Å². The first-order valence-electron chi connectivity index (χ1n) is 5.48. The highest BCUT2D eigenvalue weighted by atomic mass is 35.5. The van der Waals surface area contributed by atoms with Crippen LogP contribution in [-0.2, 0) is 6.61 Å². The molecular weight excluding hydrogens is 268 g/mol. The Bertz CT molecular complexity index is 602. The predicted molar refractivity (Wildman–Crippen MR) is 73.3 cm³/mol. The standard InChI is InChI=1S/C13H11ClN2O3/c14-11-7-12(15)9(6-13(11)16(17)18)8-19-10-4-2-1-3-5-10/h1-7H,8,15H2. The first-order chi connectivity index (χ1) is 9.08. The van der Waals surface area contributed by atoms with Gasteiger partial charge in [-0.1, -0.05) is 29.8 Å². The summed E-state index contributed by atoms with van der Waals surface area (Å²) in [5.74, 6) is 0.666. The minimum Gasteiger partial charge on any atom is -0.489 e. The zero-order valence-electron chi connectivity index (χ0n) is 9.88. The highest BCUT2D eigenvalue weighted by molar-refractivity contribution is 6.33. The molecule has 0 aromatic heterocycles. The van der Waals surface area contributed by atoms with E-state index in [9.17, 15) is 10.1 Å². The molecule has 98 valence electrons. The van der Waals surface area contributed by atoms with Crippen molar-refractivity contribution in [3.8, 4) is 5.75 Å². The molecular formula is C13H11ClN2O3. The first kappa shape index (κ1) is 13.2. The number of rotatable bonds is 4. The molecule has 6 heteroatoms. The van der Waals surface area contributed by atoms with Crippen LogP contribution in [0, 0.1) is 10.1 Å². The molecule has 0 aliphatic rings. The Hall–Kier alpha value is -2.27. The smallest absolute Gasteiger partial charge is 0.288 e. The summed E-state index contributed by atoms with van der Waals surface area (Å²) >= 11 is 5.75. The second kappa shape index (κ2) is 5.58. The van der Waals surface area contributed by atoms with Gasteiger partial charge in [-0.05, 0) is 18.2 Å². The van der Waals surface area contributed by atoms with E-state index in [1.807, 2.05) is 18.2 Å². The van der Waals surface area contributed by atoms with Crippen molar-refractivity contribution in [2.24, 2.45) is 0 Å². The van der Waals surface area contributed by atoms with Crippen LogP contribution >= 0.6 is 11.6 Å². The number of nitrogens with two attached hydrogens (primary N) is 1. The number of nitrogens with zero attached hydrogens (tertiary/aromatic N) is 1. The summed E-state index contributed by atoms with van der Waals surface area (Å²) in [6.45, 7) is 0.147. The maximum Gasteiger partial charge on any atom is 0.288 e. The van der Waals surface area contributed by atoms with Gasteiger partial charge in [0, 0.05) is 17.3 Å². The molecule has 5 nitrogen and oxygen atoms in total. The van der Waals surface area contributed by atoms with Crippen molar-refractivity contribution < 1.29 is 9.66 Å². The molecule has 0 aliphatic heterocycles. The van der Waals surface area contributed by atoms with E-state index < -0.39 is 4.92 Å². The SMILES string of the molecule is Nc1cc(Cl)c([N+](=O)[O-])cc1COc1ccccc1. The van der Waals surface area contributed by atoms with Gasteiger partial charge in [-0.25, -0.2) is 0 Å². The number of benzene rings is 2. The average molecular weight is 279 g/mol. The van der Waals surface area contributed by atoms with E-state index in [1.54, 1.807) is 12.1 Å². The number of nitro benzene ring substituents is 1. The van der Waals surface area contributed by atoms with Crippen LogP contribution < -0.4 is 10.5 Å². The Morgan fingerprint density at radius 2 is 1.95 bits per heavy atom. The Morgan fingerprint density at radius 3 is 2.58 bits per heavy atom. The fourth-order valence-electron chi connectivity index (χ4n) is 1.56. The molecule has 0 spiro atoms. The lowest BCUT2D eigenvalue weighted by atomic mass is 10.1. The molecule has 0 atom stereocenters. The van der Waals surface area contributed by atoms with Crippen molar-refractivity contribution >= 4 is 23.0 Å². The van der Waals surface area contributed by atoms with Crippen molar-refractivity contribution in [3.63, 3.8) is 0 Å². The van der Waals surface area contributed by atoms with Gasteiger partial charge in [-0.3, -0.25) is 10.1 Å². The third-order valence-corrected chi connectivity index (χ3v) is 2.85. The number of ether oxygens (including phenoxy) is 1. The highest BCUT2D eigenvalue weighted by Gasteiger charge is 2.15. The van der Waals surface area contributed by atoms with E-state index in [-0.39, 0.29) is 17.3 Å². The normalized spacial score (nSPS) is 10.2. The Balaban J connectivity index is 2.21. The van der Waals surface area contributed by atoms with Gasteiger partial charge >= 0.3 is 0 Å². The van der Waals surface area contributed by atoms with Crippen LogP contribution in [0.25, 0.3) is 0 Å². The summed E-state index contributed by atoms with van der Waals surface area (Å²) in [5, 5.41) is 10.8. The number of hydrogen-bond donors (Lipinski definition) is 1. The van der Waals surface area contributed by atoms with Crippen molar-refractivity contribution in [2.75, 3.05) is 5.73 Å². The molecule has 0 saturated carbocycles. The Morgan fingerprint density at radius 1 is 1.26 bits per heavy atom. The fourth-order valence-corrected chi connectivity index (χ4v) is 1.80. The van der Waals surface area contributed by atoms with Gasteiger partial charge in [0.1, 0.15) is 17.4 Å². The predicted octanol–water partition coefficient (Wildman–Crippen LogP) is 3.41. The van der Waals surface area contributed by atoms with Crippen molar-refractivity contribution in [1.82, 2.24) is 0 Å². The van der Waals surface area contributed by atoms with Crippen LogP contribution in [0.5, 0.6) is 5.75 Å². The van der Waals surface area contributed by atoms with Crippen LogP contribution in [-0.4, -0.2) is 4.92 Å². The maximum atomic E-state index is 10.8. The molecule has 2 rings (SSSR count). The van der Waals surface area contributed by atoms with E-state index in [0.717, 1.165) is 0 Å². The zero-order chi connectivity index (χ0) is 13.8. The largest absolute Gasteiger partial charge is 0.489 e. The lowest BCUT2D eigenvalue weighted by Crippen LogP contribution is -2.02. The van der Waals surface area contributed by atoms with Crippen LogP contribution in [0.4, 0.5) is 11.4 Å². The molecule has 0 unspecified atom stereocenters. The molecule has 19 heavy (non-hydrogen) atoms. The molecule has 2 aromatic rings. The topological polar surface area (TPSA) is 78.4 Å². The van der Waals surface area contributed by atoms with Crippen molar-refractivity contribution in [3.05, 3.63) is 63.2 Å². The number of para-hydroxylation sites is 1. The van der Waals surface area contributed by atoms with Crippen molar-refractivity contribution in [1.29, 1.82) is 0 Å². The Labute approximate surface area is 114 Å². The van der Waals surface area contributed by atoms with Gasteiger partial charge < -0.3 is 10.5 Å². The number of nitro groups is 1. The van der Waals surface area contributed by atoms with Gasteiger partial charge in [-0.15, -0.1) is 0 Å². The van der Waals surface area contributed by atoms with Gasteiger partial charge in [0.2, 0.25) is 0 Å². The summed E-state index contributed by atoms with van der Waals surface area (Å²) in [6.07, 6.45) is 0. The third kappa shape index (κ3) is 3.14. The average Bonchev–Trinajstić information content (AvgIpc) is 2.38. The first-order valence-corrected chi connectivity index (χ1v) is 5.86. The van der Waals surface area contributed by atoms with Gasteiger partial charge in [0.15, 0.2) is 0 Å². The quantitative estimate of drug-likeness (QED) is 0.528. The monoisotopic (exact) mass is 278 g/mol. The summed E-state index contributed by atoms with van der Waals surface area (Å²) in [4.78, 5) is 10.3. The van der Waals surface area contributed by atoms with Crippen LogP contribution in [0.1, 0.15) is 5.56 Å². The van der Waals surface area contributed by atoms with E-state index in [2.05, 4.69) is 0 Å². The lowest BCUT2D eigenvalue weighted by Gasteiger charge is -2.09. The van der Waals surface area contributed by atoms with Crippen LogP contribution in [0.2, 0.25) is 5.02 Å². The molecule has 0 fully saturated rings. The molecule has 2 N–H and O–H groups in total. The van der Waals surface area contributed by atoms with Crippen LogP contribution in [0.15, 0.2) is 42.5 Å². The van der Waals surface area contributed by atoms with E-state index >= 15 is 0 Å². The minimum absolute atomic E-state index is 0.0194. The maximum absolute atomic E-state index is 10.8. The summed E-state index contributed by atoms with van der Waals surface area (Å²) in [6, 6.07) is 11.8. The zero-order valence-corrected chi connectivity index (χ0v) is 10.6. The fraction of sp³-hybridized carbons (Fsp3) is 0.0769. The minimum atomic E-state index is -0.548. The second-order valence-electron chi connectivity index (χ2n) is 3.86. The number of halogens is 1. The summed E-state index contributed by atoms with van der Waals surface area (Å²) in [7, 11) is 0. The lowest BCUT2D eigenvalue weighted by molar-refractivity contribution is -0.384. The summed E-state index contributed by atoms with van der Waals surface area (Å²) in [5.41, 5.74) is 6.48. The third-order valence-electron chi connectivity index (χ3n) is 2.54. The number of anilines is 1. The molecule has 0 aliphatic carbocycles. The molecule has 0 bridgehead atoms. The number of nitrogen functional groups attached to an aromatic ring is 1. The molecule has 0 heterocycles. The van der Waals surface area contributed by atoms with E-state index in [1.165, 1.54) is 12.1 Å². The van der Waals surface area contributed by atoms with Gasteiger partial charge in [0.25, 0.3) is 5.69 Å². The van der Waals surface area contributed by atoms with Crippen molar-refractivity contribution in [2.45, 2.75) is 6.61 Å². The highest BCUT2D eigenvalue weighted by Crippen LogP contribution is 2.30. The second-order valence-corrected chi connectivity index (χ2v) is 4.27. The summed E-state index contributed by atoms with van der Waals surface area (Å²) < 4.78 is 5.50.